The maximum Gasteiger partial charge on any atom is -0.0103 e. The summed E-state index contributed by atoms with van der Waals surface area (Å²) in [6.45, 7) is 2.20. The Kier molecular flexibility index (Phi) is 6.16. The maximum absolute atomic E-state index is 5.13. The highest BCUT2D eigenvalue weighted by Gasteiger charge is 1.78. The lowest BCUT2D eigenvalue weighted by molar-refractivity contribution is 0.729. The summed E-state index contributed by atoms with van der Waals surface area (Å²) in [5, 5.41) is 0. The van der Waals surface area contributed by atoms with E-state index in [1.165, 1.54) is 19.3 Å². The number of rotatable bonds is 4. The van der Waals surface area contributed by atoms with Gasteiger partial charge in [0, 0.05) is 0 Å². The fraction of sp³-hybridized carbons (Fsp3) is 0.714. The number of hydrogen-bond acceptors (Lipinski definition) is 1. The molecule has 0 spiro atoms. The van der Waals surface area contributed by atoms with Crippen LogP contribution in [0.2, 0.25) is 0 Å². The van der Waals surface area contributed by atoms with Gasteiger partial charge in [0.25, 0.3) is 0 Å². The quantitative estimate of drug-likeness (QED) is 0.555. The minimum atomic E-state index is 1.14. The van der Waals surface area contributed by atoms with Crippen LogP contribution in [0, 0.1) is 0 Å². The molecule has 0 aliphatic rings. The van der Waals surface area contributed by atoms with Crippen molar-refractivity contribution in [2.45, 2.75) is 32.6 Å². The molecule has 1 nitrogen and oxygen atoms in total. The fourth-order valence-electron chi connectivity index (χ4n) is 0.608. The van der Waals surface area contributed by atoms with Gasteiger partial charge in [-0.05, 0) is 19.0 Å². The highest BCUT2D eigenvalue weighted by atomic mass is 14.5. The summed E-state index contributed by atoms with van der Waals surface area (Å²) in [6.07, 6.45) is 8.67. The molecule has 0 saturated carbocycles. The van der Waals surface area contributed by atoms with E-state index < -0.39 is 0 Å². The van der Waals surface area contributed by atoms with Crippen molar-refractivity contribution in [2.24, 2.45) is 5.73 Å². The van der Waals surface area contributed by atoms with Crippen LogP contribution in [0.4, 0.5) is 0 Å². The van der Waals surface area contributed by atoms with Crippen molar-refractivity contribution in [3.05, 3.63) is 12.3 Å². The van der Waals surface area contributed by atoms with Crippen LogP contribution in [0.1, 0.15) is 32.6 Å². The van der Waals surface area contributed by atoms with Gasteiger partial charge in [-0.2, -0.15) is 0 Å². The minimum absolute atomic E-state index is 1.14. The molecule has 0 unspecified atom stereocenters. The van der Waals surface area contributed by atoms with Crippen molar-refractivity contribution in [1.82, 2.24) is 0 Å². The summed E-state index contributed by atoms with van der Waals surface area (Å²) < 4.78 is 0. The van der Waals surface area contributed by atoms with E-state index in [9.17, 15) is 0 Å². The molecule has 2 N–H and O–H groups in total. The van der Waals surface area contributed by atoms with Crippen LogP contribution in [0.25, 0.3) is 0 Å². The van der Waals surface area contributed by atoms with E-state index >= 15 is 0 Å². The summed E-state index contributed by atoms with van der Waals surface area (Å²) in [6, 6.07) is 0. The smallest absolute Gasteiger partial charge is 0.0103 e. The molecule has 0 aromatic heterocycles. The Balaban J connectivity index is 2.72. The molecule has 48 valence electrons. The Morgan fingerprint density at radius 2 is 2.12 bits per heavy atom. The lowest BCUT2D eigenvalue weighted by Gasteiger charge is -1.88. The third-order valence-electron chi connectivity index (χ3n) is 1.11. The first-order chi connectivity index (χ1) is 3.91. The standard InChI is InChI=1S/C7H15N/c1-2-3-4-5-6-7-8/h6-7H,2-5,8H2,1H3/b7-6-. The van der Waals surface area contributed by atoms with Crippen LogP contribution >= 0.6 is 0 Å². The Morgan fingerprint density at radius 3 is 2.62 bits per heavy atom. The first kappa shape index (κ1) is 7.54. The molecule has 0 bridgehead atoms. The normalized spacial score (nSPS) is 10.6. The topological polar surface area (TPSA) is 26.0 Å². The number of hydrogen-bond donors (Lipinski definition) is 1. The van der Waals surface area contributed by atoms with Gasteiger partial charge < -0.3 is 5.73 Å². The van der Waals surface area contributed by atoms with Gasteiger partial charge >= 0.3 is 0 Å². The largest absolute Gasteiger partial charge is 0.405 e. The molecule has 8 heavy (non-hydrogen) atoms. The number of allylic oxidation sites excluding steroid dienone is 1. The molecule has 0 saturated heterocycles. The van der Waals surface area contributed by atoms with E-state index in [-0.39, 0.29) is 0 Å². The Hall–Kier alpha value is -0.460. The summed E-state index contributed by atoms with van der Waals surface area (Å²) in [7, 11) is 0. The van der Waals surface area contributed by atoms with Crippen LogP contribution in [0.15, 0.2) is 12.3 Å². The molecule has 1 heteroatoms. The van der Waals surface area contributed by atoms with E-state index in [2.05, 4.69) is 6.92 Å². The van der Waals surface area contributed by atoms with Gasteiger partial charge in [-0.15, -0.1) is 0 Å². The van der Waals surface area contributed by atoms with Crippen molar-refractivity contribution >= 4 is 0 Å². The molecule has 0 radical (unpaired) electrons. The molecule has 0 aliphatic carbocycles. The molecule has 0 aromatic carbocycles. The molecule has 0 atom stereocenters. The SMILES string of the molecule is CCCCC/C=C\N. The zero-order valence-electron chi connectivity index (χ0n) is 5.56. The highest BCUT2D eigenvalue weighted by Crippen LogP contribution is 1.97. The predicted molar refractivity (Wildman–Crippen MR) is 37.5 cm³/mol. The fourth-order valence-corrected chi connectivity index (χ4v) is 0.608. The molecule has 0 rings (SSSR count). The summed E-state index contributed by atoms with van der Waals surface area (Å²) in [5.74, 6) is 0. The van der Waals surface area contributed by atoms with Crippen LogP contribution in [-0.4, -0.2) is 0 Å². The van der Waals surface area contributed by atoms with Crippen LogP contribution in [-0.2, 0) is 0 Å². The molecule has 0 aromatic rings. The summed E-state index contributed by atoms with van der Waals surface area (Å²) in [4.78, 5) is 0. The maximum atomic E-state index is 5.13. The second-order valence-corrected chi connectivity index (χ2v) is 1.92. The van der Waals surface area contributed by atoms with Crippen molar-refractivity contribution in [3.63, 3.8) is 0 Å². The number of nitrogens with two attached hydrogens (primary N) is 1. The van der Waals surface area contributed by atoms with E-state index in [0.717, 1.165) is 6.42 Å². The average Bonchev–Trinajstić information content (AvgIpc) is 1.81. The van der Waals surface area contributed by atoms with E-state index in [0.29, 0.717) is 0 Å². The van der Waals surface area contributed by atoms with Crippen molar-refractivity contribution < 1.29 is 0 Å². The van der Waals surface area contributed by atoms with Crippen molar-refractivity contribution in [1.29, 1.82) is 0 Å². The summed E-state index contributed by atoms with van der Waals surface area (Å²) >= 11 is 0. The third kappa shape index (κ3) is 5.54. The van der Waals surface area contributed by atoms with E-state index in [4.69, 9.17) is 5.73 Å². The molecule has 0 amide bonds. The van der Waals surface area contributed by atoms with Gasteiger partial charge in [0.05, 0.1) is 0 Å². The van der Waals surface area contributed by atoms with Crippen molar-refractivity contribution in [2.75, 3.05) is 0 Å². The first-order valence-electron chi connectivity index (χ1n) is 3.28. The van der Waals surface area contributed by atoms with Crippen LogP contribution in [0.3, 0.4) is 0 Å². The third-order valence-corrected chi connectivity index (χ3v) is 1.11. The molecule has 0 fully saturated rings. The average molecular weight is 113 g/mol. The van der Waals surface area contributed by atoms with Gasteiger partial charge in [-0.3, -0.25) is 0 Å². The first-order valence-corrected chi connectivity index (χ1v) is 3.28. The lowest BCUT2D eigenvalue weighted by Crippen LogP contribution is -1.76. The highest BCUT2D eigenvalue weighted by molar-refractivity contribution is 4.74. The van der Waals surface area contributed by atoms with Crippen LogP contribution < -0.4 is 5.73 Å². The molecule has 0 heterocycles. The van der Waals surface area contributed by atoms with Gasteiger partial charge in [0.1, 0.15) is 0 Å². The van der Waals surface area contributed by atoms with Gasteiger partial charge in [0.2, 0.25) is 0 Å². The second-order valence-electron chi connectivity index (χ2n) is 1.92. The lowest BCUT2D eigenvalue weighted by atomic mass is 10.2. The number of unbranched alkanes of at least 4 members (excludes halogenated alkanes) is 3. The zero-order chi connectivity index (χ0) is 6.24. The Morgan fingerprint density at radius 1 is 1.38 bits per heavy atom. The van der Waals surface area contributed by atoms with E-state index in [1.54, 1.807) is 6.20 Å². The Bertz CT molecular complexity index is 57.4. The minimum Gasteiger partial charge on any atom is -0.405 e. The van der Waals surface area contributed by atoms with Gasteiger partial charge in [0.15, 0.2) is 0 Å². The van der Waals surface area contributed by atoms with Gasteiger partial charge in [-0.1, -0.05) is 25.8 Å². The molecular weight excluding hydrogens is 98.1 g/mol. The predicted octanol–water partition coefficient (Wildman–Crippen LogP) is 2.04. The van der Waals surface area contributed by atoms with Crippen LogP contribution in [0.5, 0.6) is 0 Å². The zero-order valence-corrected chi connectivity index (χ0v) is 5.56. The van der Waals surface area contributed by atoms with E-state index in [1.807, 2.05) is 6.08 Å². The molecular formula is C7H15N. The molecule has 0 aliphatic heterocycles. The monoisotopic (exact) mass is 113 g/mol. The van der Waals surface area contributed by atoms with Gasteiger partial charge in [-0.25, -0.2) is 0 Å². The Labute approximate surface area is 51.6 Å². The van der Waals surface area contributed by atoms with Crippen molar-refractivity contribution in [3.8, 4) is 0 Å². The summed E-state index contributed by atoms with van der Waals surface area (Å²) in [5.41, 5.74) is 5.13. The second kappa shape index (κ2) is 6.54.